The molecule has 0 aliphatic heterocycles. The van der Waals surface area contributed by atoms with Crippen LogP contribution < -0.4 is 11.3 Å². The molecule has 3 N–H and O–H groups in total. The largest absolute Gasteiger partial charge is 0.467 e. The quantitative estimate of drug-likeness (QED) is 0.468. The predicted octanol–water partition coefficient (Wildman–Crippen LogP) is 0.648. The second-order valence-electron chi connectivity index (χ2n) is 4.08. The Morgan fingerprint density at radius 3 is 2.89 bits per heavy atom. The minimum atomic E-state index is -0.376. The molecule has 0 spiro atoms. The number of hydrazine groups is 1. The smallest absolute Gasteiger partial charge is 0.268 e. The standard InChI is InChI=1S/C12H17N5O2/c1-3-10-14-11(4-2)17(16-10)6-9-5-8(7-19-9)12(18)15-13/h5,7H,3-4,6,13H2,1-2H3,(H,15,18). The fourth-order valence-electron chi connectivity index (χ4n) is 1.78. The first-order chi connectivity index (χ1) is 9.17. The molecule has 0 atom stereocenters. The Labute approximate surface area is 110 Å². The molecule has 0 radical (unpaired) electrons. The first-order valence-electron chi connectivity index (χ1n) is 6.18. The second kappa shape index (κ2) is 5.66. The molecule has 0 bridgehead atoms. The summed E-state index contributed by atoms with van der Waals surface area (Å²) in [5, 5.41) is 4.39. The van der Waals surface area contributed by atoms with E-state index in [1.165, 1.54) is 6.26 Å². The van der Waals surface area contributed by atoms with Crippen LogP contribution >= 0.6 is 0 Å². The van der Waals surface area contributed by atoms with Crippen molar-refractivity contribution < 1.29 is 9.21 Å². The Morgan fingerprint density at radius 2 is 2.26 bits per heavy atom. The van der Waals surface area contributed by atoms with E-state index in [0.717, 1.165) is 24.5 Å². The second-order valence-corrected chi connectivity index (χ2v) is 4.08. The van der Waals surface area contributed by atoms with Crippen LogP contribution in [0.5, 0.6) is 0 Å². The first-order valence-corrected chi connectivity index (χ1v) is 6.18. The van der Waals surface area contributed by atoms with Crippen LogP contribution in [0.1, 0.15) is 41.6 Å². The number of nitrogen functional groups attached to an aromatic ring is 1. The molecule has 0 aliphatic carbocycles. The number of nitrogens with zero attached hydrogens (tertiary/aromatic N) is 3. The number of aryl methyl sites for hydroxylation is 2. The number of hydrogen-bond acceptors (Lipinski definition) is 5. The van der Waals surface area contributed by atoms with Crippen LogP contribution in [0.15, 0.2) is 16.7 Å². The maximum Gasteiger partial charge on any atom is 0.268 e. The predicted molar refractivity (Wildman–Crippen MR) is 68.2 cm³/mol. The number of hydrogen-bond donors (Lipinski definition) is 2. The van der Waals surface area contributed by atoms with Gasteiger partial charge in [0.05, 0.1) is 5.56 Å². The zero-order valence-electron chi connectivity index (χ0n) is 11.0. The number of aromatic nitrogens is 3. The van der Waals surface area contributed by atoms with E-state index in [0.29, 0.717) is 17.9 Å². The lowest BCUT2D eigenvalue weighted by atomic mass is 10.3. The summed E-state index contributed by atoms with van der Waals surface area (Å²) in [5.74, 6) is 7.04. The zero-order valence-corrected chi connectivity index (χ0v) is 11.0. The number of rotatable bonds is 5. The van der Waals surface area contributed by atoms with Crippen molar-refractivity contribution in [2.24, 2.45) is 5.84 Å². The number of nitrogens with one attached hydrogen (secondary N) is 1. The van der Waals surface area contributed by atoms with Crippen molar-refractivity contribution in [2.75, 3.05) is 0 Å². The summed E-state index contributed by atoms with van der Waals surface area (Å²) >= 11 is 0. The van der Waals surface area contributed by atoms with Gasteiger partial charge in [0.1, 0.15) is 24.4 Å². The molecule has 0 saturated carbocycles. The van der Waals surface area contributed by atoms with Gasteiger partial charge < -0.3 is 4.42 Å². The molecule has 19 heavy (non-hydrogen) atoms. The fourth-order valence-corrected chi connectivity index (χ4v) is 1.78. The minimum absolute atomic E-state index is 0.376. The molecule has 0 aliphatic rings. The summed E-state index contributed by atoms with van der Waals surface area (Å²) in [7, 11) is 0. The van der Waals surface area contributed by atoms with Gasteiger partial charge >= 0.3 is 0 Å². The normalized spacial score (nSPS) is 10.7. The van der Waals surface area contributed by atoms with Crippen LogP contribution in [0.2, 0.25) is 0 Å². The molecule has 102 valence electrons. The molecule has 2 rings (SSSR count). The number of carbonyl (C=O) groups excluding carboxylic acids is 1. The highest BCUT2D eigenvalue weighted by molar-refractivity contribution is 5.93. The van der Waals surface area contributed by atoms with E-state index in [1.54, 1.807) is 10.7 Å². The van der Waals surface area contributed by atoms with E-state index in [2.05, 4.69) is 15.5 Å². The van der Waals surface area contributed by atoms with Gasteiger partial charge in [-0.05, 0) is 6.07 Å². The molecule has 2 aromatic heterocycles. The highest BCUT2D eigenvalue weighted by Crippen LogP contribution is 2.11. The van der Waals surface area contributed by atoms with Gasteiger partial charge in [0.15, 0.2) is 5.82 Å². The number of nitrogens with two attached hydrogens (primary N) is 1. The Balaban J connectivity index is 2.18. The lowest BCUT2D eigenvalue weighted by molar-refractivity contribution is 0.0953. The Hall–Kier alpha value is -2.15. The Bertz CT molecular complexity index is 572. The average molecular weight is 263 g/mol. The molecule has 0 aromatic carbocycles. The number of amides is 1. The third-order valence-electron chi connectivity index (χ3n) is 2.78. The molecule has 0 saturated heterocycles. The summed E-state index contributed by atoms with van der Waals surface area (Å²) in [6.45, 7) is 4.49. The first kappa shape index (κ1) is 13.3. The number of furan rings is 1. The fraction of sp³-hybridized carbons (Fsp3) is 0.417. The highest BCUT2D eigenvalue weighted by Gasteiger charge is 2.12. The van der Waals surface area contributed by atoms with Crippen LogP contribution in [-0.2, 0) is 19.4 Å². The van der Waals surface area contributed by atoms with Gasteiger partial charge in [-0.2, -0.15) is 5.10 Å². The van der Waals surface area contributed by atoms with E-state index in [1.807, 2.05) is 13.8 Å². The van der Waals surface area contributed by atoms with Gasteiger partial charge in [0.2, 0.25) is 0 Å². The van der Waals surface area contributed by atoms with Crippen LogP contribution in [0.25, 0.3) is 0 Å². The lowest BCUT2D eigenvalue weighted by Gasteiger charge is -2.00. The van der Waals surface area contributed by atoms with Crippen molar-refractivity contribution in [1.29, 1.82) is 0 Å². The summed E-state index contributed by atoms with van der Waals surface area (Å²) in [4.78, 5) is 15.7. The van der Waals surface area contributed by atoms with Crippen molar-refractivity contribution >= 4 is 5.91 Å². The third-order valence-corrected chi connectivity index (χ3v) is 2.78. The molecular weight excluding hydrogens is 246 g/mol. The van der Waals surface area contributed by atoms with E-state index in [-0.39, 0.29) is 5.91 Å². The molecular formula is C12H17N5O2. The summed E-state index contributed by atoms with van der Waals surface area (Å²) in [5.41, 5.74) is 2.46. The summed E-state index contributed by atoms with van der Waals surface area (Å²) < 4.78 is 7.12. The maximum atomic E-state index is 11.3. The third kappa shape index (κ3) is 2.82. The SMILES string of the molecule is CCc1nc(CC)n(Cc2cc(C(=O)NN)co2)n1. The van der Waals surface area contributed by atoms with Crippen molar-refractivity contribution in [1.82, 2.24) is 20.2 Å². The Morgan fingerprint density at radius 1 is 1.47 bits per heavy atom. The van der Waals surface area contributed by atoms with Gasteiger partial charge in [0.25, 0.3) is 5.91 Å². The van der Waals surface area contributed by atoms with Gasteiger partial charge in [0, 0.05) is 12.8 Å². The van der Waals surface area contributed by atoms with Crippen molar-refractivity contribution in [3.8, 4) is 0 Å². The van der Waals surface area contributed by atoms with Crippen LogP contribution in [0, 0.1) is 0 Å². The van der Waals surface area contributed by atoms with E-state index < -0.39 is 0 Å². The van der Waals surface area contributed by atoms with E-state index in [9.17, 15) is 4.79 Å². The maximum absolute atomic E-state index is 11.3. The van der Waals surface area contributed by atoms with Crippen molar-refractivity contribution in [2.45, 2.75) is 33.2 Å². The van der Waals surface area contributed by atoms with Crippen molar-refractivity contribution in [3.05, 3.63) is 35.3 Å². The van der Waals surface area contributed by atoms with Gasteiger partial charge in [-0.3, -0.25) is 10.2 Å². The van der Waals surface area contributed by atoms with Crippen LogP contribution in [0.3, 0.4) is 0 Å². The van der Waals surface area contributed by atoms with Gasteiger partial charge in [-0.15, -0.1) is 0 Å². The number of carbonyl (C=O) groups is 1. The molecule has 0 unspecified atom stereocenters. The summed E-state index contributed by atoms with van der Waals surface area (Å²) in [6.07, 6.45) is 2.96. The molecule has 2 heterocycles. The van der Waals surface area contributed by atoms with Crippen LogP contribution in [-0.4, -0.2) is 20.7 Å². The molecule has 7 heteroatoms. The molecule has 7 nitrogen and oxygen atoms in total. The molecule has 1 amide bonds. The van der Waals surface area contributed by atoms with Gasteiger partial charge in [-0.1, -0.05) is 13.8 Å². The van der Waals surface area contributed by atoms with E-state index >= 15 is 0 Å². The zero-order chi connectivity index (χ0) is 13.8. The lowest BCUT2D eigenvalue weighted by Crippen LogP contribution is -2.29. The van der Waals surface area contributed by atoms with Gasteiger partial charge in [-0.25, -0.2) is 15.5 Å². The molecule has 0 fully saturated rings. The highest BCUT2D eigenvalue weighted by atomic mass is 16.3. The topological polar surface area (TPSA) is 99.0 Å². The summed E-state index contributed by atoms with van der Waals surface area (Å²) in [6, 6.07) is 1.65. The monoisotopic (exact) mass is 263 g/mol. The van der Waals surface area contributed by atoms with Crippen LogP contribution in [0.4, 0.5) is 0 Å². The van der Waals surface area contributed by atoms with Crippen molar-refractivity contribution in [3.63, 3.8) is 0 Å². The van der Waals surface area contributed by atoms with E-state index in [4.69, 9.17) is 10.3 Å². The minimum Gasteiger partial charge on any atom is -0.467 e. The molecule has 2 aromatic rings. The average Bonchev–Trinajstić information content (AvgIpc) is 3.05. The Kier molecular flexibility index (Phi) is 3.96.